The molecular formula is C16H21NO3. The fraction of sp³-hybridized carbons (Fsp3) is 0.500. The molecule has 1 aliphatic rings. The van der Waals surface area contributed by atoms with Crippen molar-refractivity contribution in [2.75, 3.05) is 20.2 Å². The van der Waals surface area contributed by atoms with Crippen molar-refractivity contribution < 1.29 is 14.3 Å². The van der Waals surface area contributed by atoms with Gasteiger partial charge in [-0.1, -0.05) is 37.3 Å². The molecule has 2 rings (SSSR count). The van der Waals surface area contributed by atoms with E-state index < -0.39 is 0 Å². The first-order chi connectivity index (χ1) is 9.67. The lowest BCUT2D eigenvalue weighted by Gasteiger charge is -2.23. The molecule has 1 aromatic carbocycles. The van der Waals surface area contributed by atoms with Crippen molar-refractivity contribution in [1.82, 2.24) is 4.90 Å². The Balaban J connectivity index is 2.05. The van der Waals surface area contributed by atoms with Crippen LogP contribution in [0.15, 0.2) is 30.3 Å². The van der Waals surface area contributed by atoms with Crippen molar-refractivity contribution in [2.45, 2.75) is 25.7 Å². The van der Waals surface area contributed by atoms with Crippen molar-refractivity contribution in [2.24, 2.45) is 5.92 Å². The van der Waals surface area contributed by atoms with E-state index >= 15 is 0 Å². The zero-order chi connectivity index (χ0) is 14.5. The predicted molar refractivity (Wildman–Crippen MR) is 76.2 cm³/mol. The monoisotopic (exact) mass is 275 g/mol. The molecule has 0 spiro atoms. The minimum Gasteiger partial charge on any atom is -0.469 e. The minimum atomic E-state index is -0.215. The molecule has 1 fully saturated rings. The quantitative estimate of drug-likeness (QED) is 0.791. The summed E-state index contributed by atoms with van der Waals surface area (Å²) >= 11 is 0. The Hall–Kier alpha value is -1.84. The zero-order valence-electron chi connectivity index (χ0n) is 12.0. The van der Waals surface area contributed by atoms with Crippen molar-refractivity contribution >= 4 is 11.9 Å². The molecule has 1 aromatic rings. The number of benzene rings is 1. The number of ether oxygens (including phenoxy) is 1. The summed E-state index contributed by atoms with van der Waals surface area (Å²) in [6.45, 7) is 3.14. The van der Waals surface area contributed by atoms with Gasteiger partial charge in [-0.3, -0.25) is 9.59 Å². The van der Waals surface area contributed by atoms with Crippen molar-refractivity contribution in [3.63, 3.8) is 0 Å². The summed E-state index contributed by atoms with van der Waals surface area (Å²) in [6.07, 6.45) is 1.46. The average Bonchev–Trinajstić information content (AvgIpc) is 2.98. The van der Waals surface area contributed by atoms with Gasteiger partial charge in [0.2, 0.25) is 5.91 Å². The molecular weight excluding hydrogens is 254 g/mol. The summed E-state index contributed by atoms with van der Waals surface area (Å²) in [5, 5.41) is 0. The van der Waals surface area contributed by atoms with Gasteiger partial charge in [0.1, 0.15) is 0 Å². The van der Waals surface area contributed by atoms with E-state index in [9.17, 15) is 9.59 Å². The molecule has 0 N–H and O–H groups in total. The highest BCUT2D eigenvalue weighted by Crippen LogP contribution is 2.26. The summed E-state index contributed by atoms with van der Waals surface area (Å²) in [5.74, 6) is -0.386. The molecule has 0 bridgehead atoms. The Morgan fingerprint density at radius 1 is 1.35 bits per heavy atom. The maximum Gasteiger partial charge on any atom is 0.310 e. The second-order valence-electron chi connectivity index (χ2n) is 5.16. The normalized spacial score (nSPS) is 19.7. The van der Waals surface area contributed by atoms with E-state index in [0.717, 1.165) is 12.0 Å². The second kappa shape index (κ2) is 6.55. The SMILES string of the molecule is CCC(C(=O)N1CCC(C(=O)OC)C1)c1ccccc1. The molecule has 0 aliphatic carbocycles. The molecule has 1 aliphatic heterocycles. The molecule has 0 radical (unpaired) electrons. The van der Waals surface area contributed by atoms with Crippen LogP contribution >= 0.6 is 0 Å². The van der Waals surface area contributed by atoms with E-state index in [2.05, 4.69) is 0 Å². The Morgan fingerprint density at radius 3 is 2.65 bits per heavy atom. The van der Waals surface area contributed by atoms with Crippen LogP contribution in [0.5, 0.6) is 0 Å². The van der Waals surface area contributed by atoms with Crippen LogP contribution in [-0.2, 0) is 14.3 Å². The smallest absolute Gasteiger partial charge is 0.310 e. The lowest BCUT2D eigenvalue weighted by Crippen LogP contribution is -2.34. The lowest BCUT2D eigenvalue weighted by atomic mass is 9.95. The fourth-order valence-corrected chi connectivity index (χ4v) is 2.78. The molecule has 1 heterocycles. The molecule has 1 amide bonds. The first-order valence-corrected chi connectivity index (χ1v) is 7.09. The standard InChI is InChI=1S/C16H21NO3/c1-3-14(12-7-5-4-6-8-12)15(18)17-10-9-13(11-17)16(19)20-2/h4-8,13-14H,3,9-11H2,1-2H3. The molecule has 108 valence electrons. The molecule has 1 saturated heterocycles. The number of carbonyl (C=O) groups excluding carboxylic acids is 2. The highest BCUT2D eigenvalue weighted by Gasteiger charge is 2.34. The summed E-state index contributed by atoms with van der Waals surface area (Å²) < 4.78 is 4.76. The lowest BCUT2D eigenvalue weighted by molar-refractivity contribution is -0.145. The van der Waals surface area contributed by atoms with Gasteiger partial charge < -0.3 is 9.64 Å². The zero-order valence-corrected chi connectivity index (χ0v) is 12.0. The molecule has 20 heavy (non-hydrogen) atoms. The number of rotatable bonds is 4. The van der Waals surface area contributed by atoms with Gasteiger partial charge in [-0.05, 0) is 18.4 Å². The first kappa shape index (κ1) is 14.6. The summed E-state index contributed by atoms with van der Waals surface area (Å²) in [6, 6.07) is 9.82. The molecule has 0 aromatic heterocycles. The minimum absolute atomic E-state index is 0.116. The van der Waals surface area contributed by atoms with E-state index in [1.54, 1.807) is 4.90 Å². The van der Waals surface area contributed by atoms with Crippen LogP contribution in [0.1, 0.15) is 31.2 Å². The average molecular weight is 275 g/mol. The van der Waals surface area contributed by atoms with E-state index in [0.29, 0.717) is 19.5 Å². The highest BCUT2D eigenvalue weighted by molar-refractivity contribution is 5.85. The molecule has 4 nitrogen and oxygen atoms in total. The third kappa shape index (κ3) is 3.00. The largest absolute Gasteiger partial charge is 0.469 e. The van der Waals surface area contributed by atoms with Gasteiger partial charge in [-0.15, -0.1) is 0 Å². The number of likely N-dealkylation sites (tertiary alicyclic amines) is 1. The van der Waals surface area contributed by atoms with Gasteiger partial charge in [0.15, 0.2) is 0 Å². The van der Waals surface area contributed by atoms with E-state index in [1.807, 2.05) is 37.3 Å². The Kier molecular flexibility index (Phi) is 4.77. The van der Waals surface area contributed by atoms with Gasteiger partial charge in [0.05, 0.1) is 18.9 Å². The van der Waals surface area contributed by atoms with Crippen molar-refractivity contribution in [3.8, 4) is 0 Å². The number of nitrogens with zero attached hydrogens (tertiary/aromatic N) is 1. The van der Waals surface area contributed by atoms with Crippen molar-refractivity contribution in [1.29, 1.82) is 0 Å². The van der Waals surface area contributed by atoms with Crippen LogP contribution in [0.2, 0.25) is 0 Å². The summed E-state index contributed by atoms with van der Waals surface area (Å²) in [5.41, 5.74) is 1.04. The van der Waals surface area contributed by atoms with E-state index in [-0.39, 0.29) is 23.7 Å². The Labute approximate surface area is 119 Å². The van der Waals surface area contributed by atoms with E-state index in [4.69, 9.17) is 4.74 Å². The number of methoxy groups -OCH3 is 1. The second-order valence-corrected chi connectivity index (χ2v) is 5.16. The number of amides is 1. The van der Waals surface area contributed by atoms with Gasteiger partial charge in [0, 0.05) is 13.1 Å². The number of esters is 1. The molecule has 2 atom stereocenters. The molecule has 4 heteroatoms. The Morgan fingerprint density at radius 2 is 2.05 bits per heavy atom. The van der Waals surface area contributed by atoms with Crippen LogP contribution in [0, 0.1) is 5.92 Å². The number of hydrogen-bond acceptors (Lipinski definition) is 3. The third-order valence-electron chi connectivity index (χ3n) is 3.94. The molecule has 2 unspecified atom stereocenters. The van der Waals surface area contributed by atoms with Crippen LogP contribution < -0.4 is 0 Å². The predicted octanol–water partition coefficient (Wildman–Crippen LogP) is 2.20. The Bertz CT molecular complexity index is 472. The third-order valence-corrected chi connectivity index (χ3v) is 3.94. The number of carbonyl (C=O) groups is 2. The van der Waals surface area contributed by atoms with Gasteiger partial charge in [-0.2, -0.15) is 0 Å². The van der Waals surface area contributed by atoms with Crippen LogP contribution in [0.3, 0.4) is 0 Å². The highest BCUT2D eigenvalue weighted by atomic mass is 16.5. The topological polar surface area (TPSA) is 46.6 Å². The van der Waals surface area contributed by atoms with Gasteiger partial charge >= 0.3 is 5.97 Å². The first-order valence-electron chi connectivity index (χ1n) is 7.09. The van der Waals surface area contributed by atoms with Crippen LogP contribution in [0.4, 0.5) is 0 Å². The van der Waals surface area contributed by atoms with E-state index in [1.165, 1.54) is 7.11 Å². The van der Waals surface area contributed by atoms with Gasteiger partial charge in [0.25, 0.3) is 0 Å². The summed E-state index contributed by atoms with van der Waals surface area (Å²) in [4.78, 5) is 25.9. The van der Waals surface area contributed by atoms with Crippen LogP contribution in [-0.4, -0.2) is 37.0 Å². The maximum absolute atomic E-state index is 12.6. The van der Waals surface area contributed by atoms with Crippen molar-refractivity contribution in [3.05, 3.63) is 35.9 Å². The van der Waals surface area contributed by atoms with Crippen LogP contribution in [0.25, 0.3) is 0 Å². The maximum atomic E-state index is 12.6. The summed E-state index contributed by atoms with van der Waals surface area (Å²) in [7, 11) is 1.39. The fourth-order valence-electron chi connectivity index (χ4n) is 2.78. The number of hydrogen-bond donors (Lipinski definition) is 0. The molecule has 0 saturated carbocycles. The van der Waals surface area contributed by atoms with Gasteiger partial charge in [-0.25, -0.2) is 0 Å².